The summed E-state index contributed by atoms with van der Waals surface area (Å²) in [6.07, 6.45) is 4.99. The van der Waals surface area contributed by atoms with Gasteiger partial charge in [-0.15, -0.1) is 5.10 Å². The first kappa shape index (κ1) is 14.4. The minimum atomic E-state index is -0.962. The summed E-state index contributed by atoms with van der Waals surface area (Å²) >= 11 is 0. The van der Waals surface area contributed by atoms with Crippen LogP contribution in [0.3, 0.4) is 0 Å². The maximum atomic E-state index is 12.0. The average Bonchev–Trinajstić information content (AvgIpc) is 2.96. The molecule has 1 amide bonds. The maximum absolute atomic E-state index is 12.0. The average molecular weight is 282 g/mol. The Morgan fingerprint density at radius 2 is 2.10 bits per heavy atom. The Balaban J connectivity index is 1.67. The zero-order valence-electron chi connectivity index (χ0n) is 11.1. The molecule has 1 fully saturated rings. The minimum Gasteiger partial charge on any atom is -0.480 e. The molecule has 0 unspecified atom stereocenters. The number of hydrogen-bond acceptors (Lipinski definition) is 5. The number of hydrogen-bond donors (Lipinski definition) is 1. The van der Waals surface area contributed by atoms with Gasteiger partial charge in [0.25, 0.3) is 0 Å². The van der Waals surface area contributed by atoms with Crippen LogP contribution in [-0.2, 0) is 20.9 Å². The fraction of sp³-hybridized carbons (Fsp3) is 0.667. The smallest absolute Gasteiger partial charge is 0.329 e. The number of likely N-dealkylation sites (tertiary alicyclic amines) is 1. The Morgan fingerprint density at radius 1 is 1.35 bits per heavy atom. The number of carboxylic acids is 1. The van der Waals surface area contributed by atoms with Crippen molar-refractivity contribution in [1.82, 2.24) is 19.9 Å². The molecule has 2 heterocycles. The number of carbonyl (C=O) groups is 2. The zero-order valence-corrected chi connectivity index (χ0v) is 11.1. The first-order chi connectivity index (χ1) is 9.65. The predicted octanol–water partition coefficient (Wildman–Crippen LogP) is -0.240. The Morgan fingerprint density at radius 3 is 2.70 bits per heavy atom. The van der Waals surface area contributed by atoms with E-state index in [0.29, 0.717) is 38.9 Å². The van der Waals surface area contributed by atoms with E-state index in [1.807, 2.05) is 0 Å². The number of carboxylic acid groups (broad SMARTS) is 1. The van der Waals surface area contributed by atoms with Gasteiger partial charge in [0.1, 0.15) is 6.61 Å². The molecule has 1 aromatic heterocycles. The lowest BCUT2D eigenvalue weighted by atomic mass is 10.1. The largest absolute Gasteiger partial charge is 0.480 e. The minimum absolute atomic E-state index is 0.0644. The second kappa shape index (κ2) is 6.99. The van der Waals surface area contributed by atoms with Crippen LogP contribution in [0.1, 0.15) is 19.3 Å². The fourth-order valence-corrected chi connectivity index (χ4v) is 2.18. The number of aliphatic carboxylic acids is 1. The molecule has 1 aromatic rings. The molecule has 110 valence electrons. The van der Waals surface area contributed by atoms with Gasteiger partial charge >= 0.3 is 5.97 Å². The maximum Gasteiger partial charge on any atom is 0.329 e. The molecule has 8 nitrogen and oxygen atoms in total. The highest BCUT2D eigenvalue weighted by molar-refractivity contribution is 5.76. The second-order valence-corrected chi connectivity index (χ2v) is 4.70. The second-order valence-electron chi connectivity index (χ2n) is 4.70. The Kier molecular flexibility index (Phi) is 5.05. The van der Waals surface area contributed by atoms with Crippen molar-refractivity contribution in [2.75, 3.05) is 19.7 Å². The molecule has 1 saturated heterocycles. The van der Waals surface area contributed by atoms with Gasteiger partial charge in [-0.3, -0.25) is 9.48 Å². The van der Waals surface area contributed by atoms with E-state index in [1.165, 1.54) is 0 Å². The van der Waals surface area contributed by atoms with E-state index in [0.717, 1.165) is 0 Å². The summed E-state index contributed by atoms with van der Waals surface area (Å²) in [5.41, 5.74) is 0. The standard InChI is InChI=1S/C12H18N4O4/c17-11(3-7-16-8-4-13-14-16)15-5-1-10(2-6-15)20-9-12(18)19/h4,8,10H,1-3,5-7,9H2,(H,18,19). The highest BCUT2D eigenvalue weighted by atomic mass is 16.5. The van der Waals surface area contributed by atoms with Crippen LogP contribution in [0, 0.1) is 0 Å². The third-order valence-corrected chi connectivity index (χ3v) is 3.26. The van der Waals surface area contributed by atoms with Crippen molar-refractivity contribution in [3.8, 4) is 0 Å². The van der Waals surface area contributed by atoms with Crippen molar-refractivity contribution in [1.29, 1.82) is 0 Å². The summed E-state index contributed by atoms with van der Waals surface area (Å²) < 4.78 is 6.86. The number of carbonyl (C=O) groups excluding carboxylic acids is 1. The van der Waals surface area contributed by atoms with Crippen LogP contribution in [0.5, 0.6) is 0 Å². The lowest BCUT2D eigenvalue weighted by molar-refractivity contribution is -0.146. The molecule has 1 aliphatic rings. The quantitative estimate of drug-likeness (QED) is 0.773. The molecule has 1 N–H and O–H groups in total. The molecular weight excluding hydrogens is 264 g/mol. The van der Waals surface area contributed by atoms with Gasteiger partial charge in [-0.1, -0.05) is 5.21 Å². The first-order valence-corrected chi connectivity index (χ1v) is 6.60. The van der Waals surface area contributed by atoms with Gasteiger partial charge in [0.2, 0.25) is 5.91 Å². The summed E-state index contributed by atoms with van der Waals surface area (Å²) in [5.74, 6) is -0.881. The van der Waals surface area contributed by atoms with Crippen LogP contribution in [-0.4, -0.2) is 62.7 Å². The molecule has 1 aliphatic heterocycles. The molecule has 2 rings (SSSR count). The molecule has 0 aromatic carbocycles. The van der Waals surface area contributed by atoms with E-state index >= 15 is 0 Å². The van der Waals surface area contributed by atoms with Crippen LogP contribution < -0.4 is 0 Å². The van der Waals surface area contributed by atoms with Crippen molar-refractivity contribution in [3.63, 3.8) is 0 Å². The molecule has 8 heteroatoms. The number of ether oxygens (including phenoxy) is 1. The van der Waals surface area contributed by atoms with Gasteiger partial charge in [0.15, 0.2) is 0 Å². The van der Waals surface area contributed by atoms with Crippen LogP contribution >= 0.6 is 0 Å². The van der Waals surface area contributed by atoms with Crippen molar-refractivity contribution in [2.24, 2.45) is 0 Å². The molecule has 0 saturated carbocycles. The topological polar surface area (TPSA) is 97.6 Å². The molecule has 0 atom stereocenters. The molecular formula is C12H18N4O4. The summed E-state index contributed by atoms with van der Waals surface area (Å²) in [7, 11) is 0. The van der Waals surface area contributed by atoms with Gasteiger partial charge in [-0.25, -0.2) is 4.79 Å². The molecule has 0 spiro atoms. The van der Waals surface area contributed by atoms with Crippen LogP contribution in [0.2, 0.25) is 0 Å². The molecule has 20 heavy (non-hydrogen) atoms. The van der Waals surface area contributed by atoms with E-state index in [4.69, 9.17) is 9.84 Å². The highest BCUT2D eigenvalue weighted by Crippen LogP contribution is 2.14. The van der Waals surface area contributed by atoms with Gasteiger partial charge in [-0.2, -0.15) is 0 Å². The Hall–Kier alpha value is -1.96. The summed E-state index contributed by atoms with van der Waals surface area (Å²) in [6, 6.07) is 0. The number of rotatable bonds is 6. The molecule has 0 radical (unpaired) electrons. The van der Waals surface area contributed by atoms with E-state index in [2.05, 4.69) is 10.3 Å². The molecule has 0 aliphatic carbocycles. The van der Waals surface area contributed by atoms with Gasteiger partial charge in [-0.05, 0) is 12.8 Å². The van der Waals surface area contributed by atoms with Gasteiger partial charge < -0.3 is 14.7 Å². The summed E-state index contributed by atoms with van der Waals surface area (Å²) in [4.78, 5) is 24.2. The highest BCUT2D eigenvalue weighted by Gasteiger charge is 2.23. The third kappa shape index (κ3) is 4.30. The fourth-order valence-electron chi connectivity index (χ4n) is 2.18. The summed E-state index contributed by atoms with van der Waals surface area (Å²) in [6.45, 7) is 1.47. The Bertz CT molecular complexity index is 440. The van der Waals surface area contributed by atoms with Gasteiger partial charge in [0, 0.05) is 25.7 Å². The Labute approximate surface area is 116 Å². The number of amides is 1. The third-order valence-electron chi connectivity index (χ3n) is 3.26. The SMILES string of the molecule is O=C(O)COC1CCN(C(=O)CCn2ccnn2)CC1. The van der Waals surface area contributed by atoms with E-state index < -0.39 is 5.97 Å². The predicted molar refractivity (Wildman–Crippen MR) is 67.8 cm³/mol. The number of piperidine rings is 1. The number of aromatic nitrogens is 3. The lowest BCUT2D eigenvalue weighted by Crippen LogP contribution is -2.41. The normalized spacial score (nSPS) is 16.3. The first-order valence-electron chi connectivity index (χ1n) is 6.60. The zero-order chi connectivity index (χ0) is 14.4. The van der Waals surface area contributed by atoms with Crippen molar-refractivity contribution < 1.29 is 19.4 Å². The van der Waals surface area contributed by atoms with Crippen LogP contribution in [0.4, 0.5) is 0 Å². The van der Waals surface area contributed by atoms with Gasteiger partial charge in [0.05, 0.1) is 18.8 Å². The van der Waals surface area contributed by atoms with E-state index in [1.54, 1.807) is 22.0 Å². The number of nitrogens with zero attached hydrogens (tertiary/aromatic N) is 4. The molecule has 0 bridgehead atoms. The monoisotopic (exact) mass is 282 g/mol. The van der Waals surface area contributed by atoms with Crippen LogP contribution in [0.15, 0.2) is 12.4 Å². The van der Waals surface area contributed by atoms with Crippen molar-refractivity contribution in [3.05, 3.63) is 12.4 Å². The summed E-state index contributed by atoms with van der Waals surface area (Å²) in [5, 5.41) is 16.0. The lowest BCUT2D eigenvalue weighted by Gasteiger charge is -2.31. The van der Waals surface area contributed by atoms with Crippen LogP contribution in [0.25, 0.3) is 0 Å². The van der Waals surface area contributed by atoms with Crippen molar-refractivity contribution >= 4 is 11.9 Å². The van der Waals surface area contributed by atoms with Crippen molar-refractivity contribution in [2.45, 2.75) is 31.9 Å². The van der Waals surface area contributed by atoms with E-state index in [-0.39, 0.29) is 18.6 Å². The van der Waals surface area contributed by atoms with E-state index in [9.17, 15) is 9.59 Å². The number of aryl methyl sites for hydroxylation is 1.